The number of carboxylic acids is 1. The molecule has 0 saturated carbocycles. The van der Waals surface area contributed by atoms with Gasteiger partial charge >= 0.3 is 5.97 Å². The average Bonchev–Trinajstić information content (AvgIpc) is 2.65. The van der Waals surface area contributed by atoms with Crippen molar-refractivity contribution in [3.63, 3.8) is 0 Å². The van der Waals surface area contributed by atoms with Gasteiger partial charge in [0.25, 0.3) is 0 Å². The molecule has 0 spiro atoms. The molecule has 0 aliphatic rings. The molecule has 0 bridgehead atoms. The number of hydrogen-bond acceptors (Lipinski definition) is 1. The molecule has 0 fully saturated rings. The first-order chi connectivity index (χ1) is 12.8. The summed E-state index contributed by atoms with van der Waals surface area (Å²) in [5, 5.41) is 9.39. The zero-order valence-electron chi connectivity index (χ0n) is 15.9. The molecule has 26 heavy (non-hydrogen) atoms. The van der Waals surface area contributed by atoms with E-state index in [1.165, 1.54) is 0 Å². The largest absolute Gasteiger partial charge is 0.481 e. The van der Waals surface area contributed by atoms with E-state index in [0.717, 1.165) is 44.1 Å². The van der Waals surface area contributed by atoms with Gasteiger partial charge in [-0.3, -0.25) is 4.79 Å². The average molecular weight is 353 g/mol. The second-order valence-electron chi connectivity index (χ2n) is 6.23. The van der Waals surface area contributed by atoms with E-state index < -0.39 is 11.9 Å². The van der Waals surface area contributed by atoms with Crippen LogP contribution in [0.3, 0.4) is 0 Å². The lowest BCUT2D eigenvalue weighted by Gasteiger charge is -2.11. The first-order valence-corrected chi connectivity index (χ1v) is 9.63. The summed E-state index contributed by atoms with van der Waals surface area (Å²) in [5.74, 6) is -1.13. The zero-order chi connectivity index (χ0) is 18.9. The van der Waals surface area contributed by atoms with Crippen molar-refractivity contribution in [2.45, 2.75) is 57.8 Å². The van der Waals surface area contributed by atoms with Crippen LogP contribution in [-0.2, 0) is 4.79 Å². The fourth-order valence-corrected chi connectivity index (χ4v) is 2.66. The first kappa shape index (κ1) is 21.7. The number of carbonyl (C=O) groups is 1. The van der Waals surface area contributed by atoms with Crippen molar-refractivity contribution in [2.24, 2.45) is 0 Å². The summed E-state index contributed by atoms with van der Waals surface area (Å²) in [5.41, 5.74) is 0.894. The Morgan fingerprint density at radius 2 is 1.42 bits per heavy atom. The van der Waals surface area contributed by atoms with Crippen LogP contribution < -0.4 is 0 Å². The van der Waals surface area contributed by atoms with Crippen molar-refractivity contribution < 1.29 is 9.90 Å². The quantitative estimate of drug-likeness (QED) is 0.312. The standard InChI is InChI=1S/C24H32O2/c1-2-3-4-5-6-7-8-9-10-11-12-13-14-18-21-23(24(25)26)22-19-16-15-17-20-22/h3-4,6-7,9-10,12-13,15-17,19-20,23H,2,5,8,11,14,18,21H2,1H3,(H,25,26)/b4-3-,7-6-,10-9-,13-12-. The molecule has 2 heteroatoms. The van der Waals surface area contributed by atoms with E-state index in [1.54, 1.807) is 0 Å². The fourth-order valence-electron chi connectivity index (χ4n) is 2.66. The number of aliphatic carboxylic acids is 1. The van der Waals surface area contributed by atoms with Gasteiger partial charge in [0.2, 0.25) is 0 Å². The minimum atomic E-state index is -0.735. The van der Waals surface area contributed by atoms with Crippen LogP contribution in [0.5, 0.6) is 0 Å². The molecule has 0 aromatic heterocycles. The molecule has 0 amide bonds. The Morgan fingerprint density at radius 1 is 0.885 bits per heavy atom. The van der Waals surface area contributed by atoms with Gasteiger partial charge in [0.1, 0.15) is 0 Å². The Morgan fingerprint density at radius 3 is 1.96 bits per heavy atom. The van der Waals surface area contributed by atoms with Crippen LogP contribution in [-0.4, -0.2) is 11.1 Å². The first-order valence-electron chi connectivity index (χ1n) is 9.63. The van der Waals surface area contributed by atoms with Crippen molar-refractivity contribution in [1.29, 1.82) is 0 Å². The third-order valence-electron chi connectivity index (χ3n) is 4.08. The Bertz CT molecular complexity index is 594. The van der Waals surface area contributed by atoms with Gasteiger partial charge in [-0.05, 0) is 50.5 Å². The topological polar surface area (TPSA) is 37.3 Å². The molecule has 1 aromatic carbocycles. The van der Waals surface area contributed by atoms with E-state index in [2.05, 4.69) is 55.5 Å². The van der Waals surface area contributed by atoms with Crippen molar-refractivity contribution >= 4 is 5.97 Å². The van der Waals surface area contributed by atoms with Crippen molar-refractivity contribution in [3.05, 3.63) is 84.5 Å². The lowest BCUT2D eigenvalue weighted by atomic mass is 9.93. The minimum Gasteiger partial charge on any atom is -0.481 e. The van der Waals surface area contributed by atoms with Crippen LogP contribution in [0.2, 0.25) is 0 Å². The summed E-state index contributed by atoms with van der Waals surface area (Å²) in [6.07, 6.45) is 23.9. The van der Waals surface area contributed by atoms with Gasteiger partial charge in [-0.15, -0.1) is 0 Å². The molecule has 0 aliphatic heterocycles. The molecular weight excluding hydrogens is 320 g/mol. The molecular formula is C24H32O2. The number of hydrogen-bond donors (Lipinski definition) is 1. The van der Waals surface area contributed by atoms with E-state index in [0.29, 0.717) is 6.42 Å². The molecule has 0 aliphatic carbocycles. The highest BCUT2D eigenvalue weighted by atomic mass is 16.4. The highest BCUT2D eigenvalue weighted by Gasteiger charge is 2.18. The zero-order valence-corrected chi connectivity index (χ0v) is 15.9. The molecule has 1 unspecified atom stereocenters. The van der Waals surface area contributed by atoms with E-state index in [-0.39, 0.29) is 0 Å². The normalized spacial score (nSPS) is 13.4. The van der Waals surface area contributed by atoms with Crippen LogP contribution in [0.25, 0.3) is 0 Å². The van der Waals surface area contributed by atoms with Crippen LogP contribution >= 0.6 is 0 Å². The number of rotatable bonds is 13. The smallest absolute Gasteiger partial charge is 0.310 e. The minimum absolute atomic E-state index is 0.400. The molecule has 0 heterocycles. The van der Waals surface area contributed by atoms with Crippen LogP contribution in [0.15, 0.2) is 78.9 Å². The highest BCUT2D eigenvalue weighted by molar-refractivity contribution is 5.75. The Labute approximate surface area is 158 Å². The lowest BCUT2D eigenvalue weighted by molar-refractivity contribution is -0.139. The van der Waals surface area contributed by atoms with E-state index in [4.69, 9.17) is 0 Å². The molecule has 140 valence electrons. The second kappa shape index (κ2) is 14.9. The second-order valence-corrected chi connectivity index (χ2v) is 6.23. The van der Waals surface area contributed by atoms with Crippen molar-refractivity contribution in [2.75, 3.05) is 0 Å². The third kappa shape index (κ3) is 10.5. The summed E-state index contributed by atoms with van der Waals surface area (Å²) in [6, 6.07) is 9.50. The summed E-state index contributed by atoms with van der Waals surface area (Å²) >= 11 is 0. The molecule has 0 saturated heterocycles. The SMILES string of the molecule is CC/C=C\C/C=C\C/C=C\C/C=C\CCCC(C(=O)O)c1ccccc1. The number of allylic oxidation sites excluding steroid dienone is 8. The lowest BCUT2D eigenvalue weighted by Crippen LogP contribution is -2.11. The Kier molecular flexibility index (Phi) is 12.5. The van der Waals surface area contributed by atoms with E-state index in [9.17, 15) is 9.90 Å². The van der Waals surface area contributed by atoms with Gasteiger partial charge in [-0.2, -0.15) is 0 Å². The maximum absolute atomic E-state index is 11.4. The van der Waals surface area contributed by atoms with Gasteiger partial charge in [-0.1, -0.05) is 85.9 Å². The van der Waals surface area contributed by atoms with E-state index >= 15 is 0 Å². The van der Waals surface area contributed by atoms with Gasteiger partial charge in [0.15, 0.2) is 0 Å². The predicted octanol–water partition coefficient (Wildman–Crippen LogP) is 6.83. The molecule has 1 atom stereocenters. The molecule has 2 nitrogen and oxygen atoms in total. The number of unbranched alkanes of at least 4 members (excludes halogenated alkanes) is 1. The Balaban J connectivity index is 2.15. The summed E-state index contributed by atoms with van der Waals surface area (Å²) < 4.78 is 0. The summed E-state index contributed by atoms with van der Waals surface area (Å²) in [4.78, 5) is 11.4. The van der Waals surface area contributed by atoms with Crippen LogP contribution in [0.1, 0.15) is 63.4 Å². The third-order valence-corrected chi connectivity index (χ3v) is 4.08. The highest BCUT2D eigenvalue weighted by Crippen LogP contribution is 2.22. The van der Waals surface area contributed by atoms with Crippen LogP contribution in [0, 0.1) is 0 Å². The maximum atomic E-state index is 11.4. The van der Waals surface area contributed by atoms with E-state index in [1.807, 2.05) is 30.3 Å². The van der Waals surface area contributed by atoms with Crippen molar-refractivity contribution in [3.8, 4) is 0 Å². The molecule has 0 radical (unpaired) electrons. The summed E-state index contributed by atoms with van der Waals surface area (Å²) in [6.45, 7) is 2.14. The van der Waals surface area contributed by atoms with Gasteiger partial charge in [0.05, 0.1) is 5.92 Å². The maximum Gasteiger partial charge on any atom is 0.310 e. The van der Waals surface area contributed by atoms with Gasteiger partial charge < -0.3 is 5.11 Å². The predicted molar refractivity (Wildman–Crippen MR) is 111 cm³/mol. The fraction of sp³-hybridized carbons (Fsp3) is 0.375. The number of carboxylic acid groups (broad SMARTS) is 1. The monoisotopic (exact) mass is 352 g/mol. The Hall–Kier alpha value is -2.35. The molecule has 1 aromatic rings. The number of benzene rings is 1. The van der Waals surface area contributed by atoms with Gasteiger partial charge in [0, 0.05) is 0 Å². The molecule has 1 N–H and O–H groups in total. The van der Waals surface area contributed by atoms with Crippen LogP contribution in [0.4, 0.5) is 0 Å². The summed E-state index contributed by atoms with van der Waals surface area (Å²) in [7, 11) is 0. The van der Waals surface area contributed by atoms with Gasteiger partial charge in [-0.25, -0.2) is 0 Å². The van der Waals surface area contributed by atoms with Crippen molar-refractivity contribution in [1.82, 2.24) is 0 Å². The molecule has 1 rings (SSSR count).